The van der Waals surface area contributed by atoms with E-state index in [1.165, 1.54) is 0 Å². The van der Waals surface area contributed by atoms with Crippen molar-refractivity contribution in [3.8, 4) is 5.75 Å². The van der Waals surface area contributed by atoms with Crippen molar-refractivity contribution in [2.75, 3.05) is 13.7 Å². The summed E-state index contributed by atoms with van der Waals surface area (Å²) in [6.07, 6.45) is 3.87. The van der Waals surface area contributed by atoms with Gasteiger partial charge in [-0.3, -0.25) is 4.98 Å². The topological polar surface area (TPSA) is 54.4 Å². The Hall–Kier alpha value is -1.13. The Kier molecular flexibility index (Phi) is 4.19. The van der Waals surface area contributed by atoms with Gasteiger partial charge in [0.2, 0.25) is 0 Å². The first-order valence-electron chi connectivity index (χ1n) is 6.59. The number of hydrogen-bond donors (Lipinski definition) is 2. The van der Waals surface area contributed by atoms with E-state index < -0.39 is 5.60 Å². The van der Waals surface area contributed by atoms with Crippen LogP contribution in [-0.4, -0.2) is 29.3 Å². The van der Waals surface area contributed by atoms with Crippen LogP contribution in [0.5, 0.6) is 5.75 Å². The molecule has 1 saturated carbocycles. The molecule has 1 aromatic heterocycles. The van der Waals surface area contributed by atoms with Gasteiger partial charge in [0.15, 0.2) is 0 Å². The van der Waals surface area contributed by atoms with Gasteiger partial charge in [0.25, 0.3) is 0 Å². The van der Waals surface area contributed by atoms with Crippen LogP contribution in [0.4, 0.5) is 0 Å². The maximum absolute atomic E-state index is 10.3. The molecule has 1 aliphatic rings. The molecule has 2 N–H and O–H groups in total. The molecule has 0 atom stereocenters. The first-order chi connectivity index (χ1) is 8.63. The second-order valence-corrected chi connectivity index (χ2v) is 5.15. The zero-order valence-electron chi connectivity index (χ0n) is 11.2. The van der Waals surface area contributed by atoms with Crippen LogP contribution in [0.2, 0.25) is 0 Å². The van der Waals surface area contributed by atoms with Gasteiger partial charge in [-0.05, 0) is 38.9 Å². The van der Waals surface area contributed by atoms with E-state index in [-0.39, 0.29) is 0 Å². The van der Waals surface area contributed by atoms with Gasteiger partial charge in [0, 0.05) is 12.2 Å². The minimum absolute atomic E-state index is 0.369. The molecule has 100 valence electrons. The van der Waals surface area contributed by atoms with Crippen LogP contribution in [0.3, 0.4) is 0 Å². The molecule has 2 rings (SSSR count). The van der Waals surface area contributed by atoms with Crippen LogP contribution in [0.1, 0.15) is 37.1 Å². The third-order valence-corrected chi connectivity index (χ3v) is 3.45. The standard InChI is InChI=1S/C14H22N2O2/c1-11-5-6-13(12(16-11)9-15-2)18-10-14(17)7-3-4-8-14/h5-6,15,17H,3-4,7-10H2,1-2H3. The molecule has 0 saturated heterocycles. The molecule has 0 unspecified atom stereocenters. The number of hydrogen-bond acceptors (Lipinski definition) is 4. The van der Waals surface area contributed by atoms with Crippen molar-refractivity contribution >= 4 is 0 Å². The monoisotopic (exact) mass is 250 g/mol. The molecule has 1 aromatic rings. The quantitative estimate of drug-likeness (QED) is 0.836. The normalized spacial score (nSPS) is 17.9. The molecule has 1 fully saturated rings. The van der Waals surface area contributed by atoms with E-state index in [1.54, 1.807) is 0 Å². The molecule has 0 aliphatic heterocycles. The van der Waals surface area contributed by atoms with Crippen molar-refractivity contribution in [1.82, 2.24) is 10.3 Å². The third-order valence-electron chi connectivity index (χ3n) is 3.45. The lowest BCUT2D eigenvalue weighted by atomic mass is 10.0. The number of rotatable bonds is 5. The van der Waals surface area contributed by atoms with Crippen LogP contribution in [0.15, 0.2) is 12.1 Å². The number of aromatic nitrogens is 1. The van der Waals surface area contributed by atoms with E-state index in [9.17, 15) is 5.11 Å². The van der Waals surface area contributed by atoms with Crippen molar-refractivity contribution in [1.29, 1.82) is 0 Å². The Morgan fingerprint density at radius 3 is 2.78 bits per heavy atom. The molecule has 0 bridgehead atoms. The molecule has 0 radical (unpaired) electrons. The predicted molar refractivity (Wildman–Crippen MR) is 70.7 cm³/mol. The zero-order chi connectivity index (χ0) is 13.0. The largest absolute Gasteiger partial charge is 0.489 e. The fraction of sp³-hybridized carbons (Fsp3) is 0.643. The molecule has 4 nitrogen and oxygen atoms in total. The van der Waals surface area contributed by atoms with Crippen LogP contribution >= 0.6 is 0 Å². The van der Waals surface area contributed by atoms with Gasteiger partial charge in [-0.15, -0.1) is 0 Å². The van der Waals surface area contributed by atoms with Gasteiger partial charge in [-0.1, -0.05) is 12.8 Å². The highest BCUT2D eigenvalue weighted by molar-refractivity contribution is 5.29. The lowest BCUT2D eigenvalue weighted by Gasteiger charge is -2.23. The number of pyridine rings is 1. The van der Waals surface area contributed by atoms with Crippen LogP contribution in [-0.2, 0) is 6.54 Å². The lowest BCUT2D eigenvalue weighted by Crippen LogP contribution is -2.32. The van der Waals surface area contributed by atoms with Gasteiger partial charge in [0.1, 0.15) is 12.4 Å². The van der Waals surface area contributed by atoms with E-state index in [4.69, 9.17) is 4.74 Å². The van der Waals surface area contributed by atoms with Gasteiger partial charge < -0.3 is 15.2 Å². The van der Waals surface area contributed by atoms with E-state index >= 15 is 0 Å². The van der Waals surface area contributed by atoms with Crippen LogP contribution < -0.4 is 10.1 Å². The Bertz CT molecular complexity index is 401. The van der Waals surface area contributed by atoms with E-state index in [1.807, 2.05) is 26.1 Å². The molecular formula is C14H22N2O2. The summed E-state index contributed by atoms with van der Waals surface area (Å²) in [6, 6.07) is 3.88. The fourth-order valence-electron chi connectivity index (χ4n) is 2.41. The Balaban J connectivity index is 2.03. The minimum atomic E-state index is -0.637. The van der Waals surface area contributed by atoms with E-state index in [0.717, 1.165) is 42.8 Å². The van der Waals surface area contributed by atoms with Gasteiger partial charge in [-0.2, -0.15) is 0 Å². The summed E-state index contributed by atoms with van der Waals surface area (Å²) in [7, 11) is 1.89. The summed E-state index contributed by atoms with van der Waals surface area (Å²) in [4.78, 5) is 4.46. The molecule has 4 heteroatoms. The van der Waals surface area contributed by atoms with Crippen LogP contribution in [0, 0.1) is 6.92 Å². The van der Waals surface area contributed by atoms with Gasteiger partial charge >= 0.3 is 0 Å². The molecular weight excluding hydrogens is 228 g/mol. The summed E-state index contributed by atoms with van der Waals surface area (Å²) in [5.74, 6) is 0.773. The van der Waals surface area contributed by atoms with Crippen molar-refractivity contribution in [3.63, 3.8) is 0 Å². The Morgan fingerprint density at radius 2 is 2.11 bits per heavy atom. The second-order valence-electron chi connectivity index (χ2n) is 5.15. The number of ether oxygens (including phenoxy) is 1. The highest BCUT2D eigenvalue weighted by Crippen LogP contribution is 2.30. The van der Waals surface area contributed by atoms with Gasteiger partial charge in [0.05, 0.1) is 11.3 Å². The Labute approximate surface area is 108 Å². The smallest absolute Gasteiger partial charge is 0.142 e. The average molecular weight is 250 g/mol. The lowest BCUT2D eigenvalue weighted by molar-refractivity contribution is 0.000982. The summed E-state index contributed by atoms with van der Waals surface area (Å²) < 4.78 is 5.78. The van der Waals surface area contributed by atoms with Crippen molar-refractivity contribution in [2.45, 2.75) is 44.8 Å². The highest BCUT2D eigenvalue weighted by Gasteiger charge is 2.32. The maximum atomic E-state index is 10.3. The molecule has 0 aromatic carbocycles. The predicted octanol–water partition coefficient (Wildman–Crippen LogP) is 1.79. The average Bonchev–Trinajstić information content (AvgIpc) is 2.76. The van der Waals surface area contributed by atoms with E-state index in [2.05, 4.69) is 10.3 Å². The van der Waals surface area contributed by atoms with Crippen molar-refractivity contribution in [3.05, 3.63) is 23.5 Å². The first-order valence-corrected chi connectivity index (χ1v) is 6.59. The number of nitrogens with one attached hydrogen (secondary N) is 1. The number of aryl methyl sites for hydroxylation is 1. The zero-order valence-corrected chi connectivity index (χ0v) is 11.2. The number of aliphatic hydroxyl groups is 1. The molecule has 1 aliphatic carbocycles. The number of nitrogens with zero attached hydrogens (tertiary/aromatic N) is 1. The van der Waals surface area contributed by atoms with Gasteiger partial charge in [-0.25, -0.2) is 0 Å². The SMILES string of the molecule is CNCc1nc(C)ccc1OCC1(O)CCCC1. The summed E-state index contributed by atoms with van der Waals surface area (Å²) in [6.45, 7) is 3.01. The van der Waals surface area contributed by atoms with Crippen LogP contribution in [0.25, 0.3) is 0 Å². The second kappa shape index (κ2) is 5.67. The minimum Gasteiger partial charge on any atom is -0.489 e. The highest BCUT2D eigenvalue weighted by atomic mass is 16.5. The molecule has 18 heavy (non-hydrogen) atoms. The van der Waals surface area contributed by atoms with Crippen molar-refractivity contribution < 1.29 is 9.84 Å². The molecule has 1 heterocycles. The van der Waals surface area contributed by atoms with Crippen molar-refractivity contribution in [2.24, 2.45) is 0 Å². The third kappa shape index (κ3) is 3.21. The summed E-state index contributed by atoms with van der Waals surface area (Å²) >= 11 is 0. The molecule has 0 spiro atoms. The van der Waals surface area contributed by atoms with E-state index in [0.29, 0.717) is 13.2 Å². The maximum Gasteiger partial charge on any atom is 0.142 e. The fourth-order valence-corrected chi connectivity index (χ4v) is 2.41. The molecule has 0 amide bonds. The first kappa shape index (κ1) is 13.3. The Morgan fingerprint density at radius 1 is 1.39 bits per heavy atom. The summed E-state index contributed by atoms with van der Waals surface area (Å²) in [5, 5.41) is 13.4. The summed E-state index contributed by atoms with van der Waals surface area (Å²) in [5.41, 5.74) is 1.24.